The molecule has 0 fully saturated rings. The summed E-state index contributed by atoms with van der Waals surface area (Å²) in [5, 5.41) is 0. The Labute approximate surface area is 204 Å². The van der Waals surface area contributed by atoms with Gasteiger partial charge in [-0.1, -0.05) is 67.2 Å². The van der Waals surface area contributed by atoms with Crippen molar-refractivity contribution in [2.24, 2.45) is 0 Å². The van der Waals surface area contributed by atoms with E-state index in [9.17, 15) is 19.2 Å². The van der Waals surface area contributed by atoms with E-state index in [1.807, 2.05) is 60.7 Å². The second kappa shape index (κ2) is 14.3. The van der Waals surface area contributed by atoms with E-state index in [1.165, 1.54) is 13.8 Å². The number of hydrogen-bond acceptors (Lipinski definition) is 8. The zero-order chi connectivity index (χ0) is 25.6. The Hall–Kier alpha value is -3.94. The van der Waals surface area contributed by atoms with Crippen molar-refractivity contribution in [2.75, 3.05) is 13.2 Å². The van der Waals surface area contributed by atoms with E-state index >= 15 is 0 Å². The maximum atomic E-state index is 12.2. The van der Waals surface area contributed by atoms with Gasteiger partial charge in [-0.05, 0) is 25.0 Å². The Morgan fingerprint density at radius 3 is 1.60 bits per heavy atom. The molecular weight excluding hydrogens is 452 g/mol. The maximum Gasteiger partial charge on any atom is 0.347 e. The lowest BCUT2D eigenvalue weighted by Crippen LogP contribution is -2.29. The minimum atomic E-state index is -1.18. The third-order valence-corrected chi connectivity index (χ3v) is 4.86. The standard InChI is InChI=1S/C27H30O8/c1-19(25(29)35-21(3)27(31)33-17-15-23-12-8-5-9-13-23)18-24(28)34-20(2)26(30)32-16-14-22-10-6-4-7-11-22/h4-13,20-21H,1,14-18H2,2-3H3. The third-order valence-electron chi connectivity index (χ3n) is 4.86. The molecule has 2 rings (SSSR count). The monoisotopic (exact) mass is 482 g/mol. The zero-order valence-corrected chi connectivity index (χ0v) is 19.9. The molecule has 0 aliphatic rings. The minimum Gasteiger partial charge on any atom is -0.463 e. The van der Waals surface area contributed by atoms with E-state index in [-0.39, 0.29) is 18.8 Å². The Balaban J connectivity index is 1.66. The van der Waals surface area contributed by atoms with Gasteiger partial charge in [0, 0.05) is 18.4 Å². The highest BCUT2D eigenvalue weighted by Gasteiger charge is 2.24. The van der Waals surface area contributed by atoms with Crippen molar-refractivity contribution in [3.8, 4) is 0 Å². The molecular formula is C27H30O8. The van der Waals surface area contributed by atoms with Crippen LogP contribution in [-0.4, -0.2) is 49.3 Å². The van der Waals surface area contributed by atoms with Gasteiger partial charge in [-0.15, -0.1) is 0 Å². The van der Waals surface area contributed by atoms with E-state index in [2.05, 4.69) is 6.58 Å². The molecule has 0 amide bonds. The molecule has 0 heterocycles. The summed E-state index contributed by atoms with van der Waals surface area (Å²) >= 11 is 0. The summed E-state index contributed by atoms with van der Waals surface area (Å²) in [7, 11) is 0. The lowest BCUT2D eigenvalue weighted by atomic mass is 10.2. The summed E-state index contributed by atoms with van der Waals surface area (Å²) < 4.78 is 20.3. The number of hydrogen-bond donors (Lipinski definition) is 0. The number of benzene rings is 2. The number of carbonyl (C=O) groups is 4. The largest absolute Gasteiger partial charge is 0.463 e. The van der Waals surface area contributed by atoms with Crippen molar-refractivity contribution >= 4 is 23.9 Å². The Kier molecular flexibility index (Phi) is 11.2. The molecule has 0 spiro atoms. The van der Waals surface area contributed by atoms with E-state index in [0.717, 1.165) is 11.1 Å². The first kappa shape index (κ1) is 27.3. The quantitative estimate of drug-likeness (QED) is 0.243. The first-order chi connectivity index (χ1) is 16.8. The number of ether oxygens (including phenoxy) is 4. The van der Waals surface area contributed by atoms with Crippen molar-refractivity contribution in [2.45, 2.75) is 45.3 Å². The molecule has 0 bridgehead atoms. The second-order valence-electron chi connectivity index (χ2n) is 7.77. The lowest BCUT2D eigenvalue weighted by molar-refractivity contribution is -0.167. The van der Waals surface area contributed by atoms with Gasteiger partial charge in [0.2, 0.25) is 0 Å². The van der Waals surface area contributed by atoms with Gasteiger partial charge >= 0.3 is 23.9 Å². The van der Waals surface area contributed by atoms with Crippen LogP contribution in [0.15, 0.2) is 72.8 Å². The van der Waals surface area contributed by atoms with Crippen LogP contribution in [0, 0.1) is 0 Å². The normalized spacial score (nSPS) is 12.1. The van der Waals surface area contributed by atoms with E-state index in [4.69, 9.17) is 18.9 Å². The third kappa shape index (κ3) is 10.2. The summed E-state index contributed by atoms with van der Waals surface area (Å²) in [5.74, 6) is -3.20. The highest BCUT2D eigenvalue weighted by Crippen LogP contribution is 2.09. The Bertz CT molecular complexity index is 1000. The summed E-state index contributed by atoms with van der Waals surface area (Å²) in [4.78, 5) is 48.3. The van der Waals surface area contributed by atoms with Crippen LogP contribution >= 0.6 is 0 Å². The van der Waals surface area contributed by atoms with Crippen molar-refractivity contribution in [3.63, 3.8) is 0 Å². The van der Waals surface area contributed by atoms with Gasteiger partial charge in [0.1, 0.15) is 0 Å². The molecule has 0 aromatic heterocycles. The van der Waals surface area contributed by atoms with Crippen LogP contribution in [0.1, 0.15) is 31.4 Å². The molecule has 2 unspecified atom stereocenters. The van der Waals surface area contributed by atoms with Crippen LogP contribution in [0.5, 0.6) is 0 Å². The predicted molar refractivity (Wildman–Crippen MR) is 127 cm³/mol. The van der Waals surface area contributed by atoms with Gasteiger partial charge in [0.15, 0.2) is 12.2 Å². The van der Waals surface area contributed by atoms with Gasteiger partial charge in [-0.2, -0.15) is 0 Å². The molecule has 8 nitrogen and oxygen atoms in total. The summed E-state index contributed by atoms with van der Waals surface area (Å²) in [6, 6.07) is 18.9. The fourth-order valence-corrected chi connectivity index (χ4v) is 2.89. The van der Waals surface area contributed by atoms with Crippen LogP contribution in [0.4, 0.5) is 0 Å². The molecule has 0 saturated heterocycles. The molecule has 35 heavy (non-hydrogen) atoms. The lowest BCUT2D eigenvalue weighted by Gasteiger charge is -2.15. The minimum absolute atomic E-state index is 0.136. The molecule has 8 heteroatoms. The highest BCUT2D eigenvalue weighted by atomic mass is 16.6. The molecule has 0 N–H and O–H groups in total. The molecule has 0 saturated carbocycles. The average molecular weight is 483 g/mol. The van der Waals surface area contributed by atoms with E-state index < -0.39 is 42.5 Å². The molecule has 186 valence electrons. The van der Waals surface area contributed by atoms with Crippen LogP contribution in [-0.2, 0) is 51.0 Å². The Morgan fingerprint density at radius 2 is 1.14 bits per heavy atom. The van der Waals surface area contributed by atoms with Crippen molar-refractivity contribution < 1.29 is 38.1 Å². The van der Waals surface area contributed by atoms with Gasteiger partial charge in [0.05, 0.1) is 19.6 Å². The molecule has 0 aliphatic heterocycles. The van der Waals surface area contributed by atoms with Crippen molar-refractivity contribution in [1.29, 1.82) is 0 Å². The highest BCUT2D eigenvalue weighted by molar-refractivity contribution is 5.95. The number of esters is 4. The van der Waals surface area contributed by atoms with Gasteiger partial charge in [-0.3, -0.25) is 4.79 Å². The molecule has 0 radical (unpaired) electrons. The maximum absolute atomic E-state index is 12.2. The summed E-state index contributed by atoms with van der Waals surface area (Å²) in [5.41, 5.74) is 1.80. The molecule has 2 aromatic rings. The molecule has 0 aliphatic carbocycles. The number of rotatable bonds is 13. The fraction of sp³-hybridized carbons (Fsp3) is 0.333. The van der Waals surface area contributed by atoms with Gasteiger partial charge in [0.25, 0.3) is 0 Å². The first-order valence-corrected chi connectivity index (χ1v) is 11.3. The SMILES string of the molecule is C=C(CC(=O)OC(C)C(=O)OCCc1ccccc1)C(=O)OC(C)C(=O)OCCc1ccccc1. The Morgan fingerprint density at radius 1 is 0.714 bits per heavy atom. The van der Waals surface area contributed by atoms with E-state index in [0.29, 0.717) is 12.8 Å². The number of carbonyl (C=O) groups excluding carboxylic acids is 4. The molecule has 2 atom stereocenters. The smallest absolute Gasteiger partial charge is 0.347 e. The van der Waals surface area contributed by atoms with E-state index in [1.54, 1.807) is 0 Å². The van der Waals surface area contributed by atoms with Crippen molar-refractivity contribution in [3.05, 3.63) is 83.9 Å². The van der Waals surface area contributed by atoms with Crippen molar-refractivity contribution in [1.82, 2.24) is 0 Å². The molecule has 2 aromatic carbocycles. The average Bonchev–Trinajstić information content (AvgIpc) is 2.84. The van der Waals surface area contributed by atoms with Crippen LogP contribution in [0.2, 0.25) is 0 Å². The van der Waals surface area contributed by atoms with Gasteiger partial charge < -0.3 is 18.9 Å². The van der Waals surface area contributed by atoms with Gasteiger partial charge in [-0.25, -0.2) is 14.4 Å². The van der Waals surface area contributed by atoms with Crippen LogP contribution in [0.3, 0.4) is 0 Å². The first-order valence-electron chi connectivity index (χ1n) is 11.3. The van der Waals surface area contributed by atoms with Crippen LogP contribution < -0.4 is 0 Å². The van der Waals surface area contributed by atoms with Crippen LogP contribution in [0.25, 0.3) is 0 Å². The predicted octanol–water partition coefficient (Wildman–Crippen LogP) is 3.37. The topological polar surface area (TPSA) is 105 Å². The summed E-state index contributed by atoms with van der Waals surface area (Å²) in [6.07, 6.45) is -1.78. The zero-order valence-electron chi connectivity index (χ0n) is 19.9. The second-order valence-corrected chi connectivity index (χ2v) is 7.77. The fourth-order valence-electron chi connectivity index (χ4n) is 2.89. The summed E-state index contributed by atoms with van der Waals surface area (Å²) in [6.45, 7) is 6.51.